The molecule has 0 unspecified atom stereocenters. The fraction of sp³-hybridized carbons (Fsp3) is 0.310. The van der Waals surface area contributed by atoms with Gasteiger partial charge in [0.25, 0.3) is 12.4 Å². The summed E-state index contributed by atoms with van der Waals surface area (Å²) < 4.78 is 0. The van der Waals surface area contributed by atoms with E-state index in [1.54, 1.807) is 12.1 Å². The van der Waals surface area contributed by atoms with Gasteiger partial charge in [-0.2, -0.15) is 0 Å². The number of aryl methyl sites for hydroxylation is 1. The zero-order valence-corrected chi connectivity index (χ0v) is 29.9. The van der Waals surface area contributed by atoms with Gasteiger partial charge in [0, 0.05) is 41.1 Å². The van der Waals surface area contributed by atoms with Gasteiger partial charge in [-0.25, -0.2) is 0 Å². The molecule has 1 saturated heterocycles. The second-order valence-corrected chi connectivity index (χ2v) is 13.5. The van der Waals surface area contributed by atoms with Gasteiger partial charge in [0.05, 0.1) is 11.6 Å². The van der Waals surface area contributed by atoms with Gasteiger partial charge in [-0.15, -0.1) is 0 Å². The fourth-order valence-corrected chi connectivity index (χ4v) is 7.14. The van der Waals surface area contributed by atoms with Crippen molar-refractivity contribution in [1.82, 2.24) is 20.5 Å². The zero-order chi connectivity index (χ0) is 37.8. The number of aromatic nitrogens is 1. The Hall–Kier alpha value is -5.49. The number of carbonyl (C=O) groups excluding carboxylic acids is 1. The van der Waals surface area contributed by atoms with Crippen LogP contribution in [0.15, 0.2) is 102 Å². The molecule has 53 heavy (non-hydrogen) atoms. The van der Waals surface area contributed by atoms with Crippen molar-refractivity contribution in [3.8, 4) is 11.5 Å². The van der Waals surface area contributed by atoms with Crippen LogP contribution in [0.25, 0.3) is 10.9 Å². The van der Waals surface area contributed by atoms with Gasteiger partial charge < -0.3 is 40.9 Å². The maximum Gasteiger partial charge on any atom is 0.290 e. The zero-order valence-electron chi connectivity index (χ0n) is 29.9. The molecule has 5 aromatic rings. The highest BCUT2D eigenvalue weighted by Gasteiger charge is 2.39. The number of benzene rings is 4. The number of nitrogens with one attached hydrogen (secondary N) is 3. The maximum absolute atomic E-state index is 12.9. The Labute approximate surface area is 308 Å². The van der Waals surface area contributed by atoms with Crippen LogP contribution in [-0.4, -0.2) is 82.5 Å². The number of likely N-dealkylation sites (tertiary alicyclic amines) is 1. The molecule has 1 atom stereocenters. The van der Waals surface area contributed by atoms with E-state index in [-0.39, 0.29) is 29.1 Å². The van der Waals surface area contributed by atoms with Crippen molar-refractivity contribution in [1.29, 1.82) is 0 Å². The number of aliphatic hydroxyl groups is 1. The number of aromatic amines is 1. The van der Waals surface area contributed by atoms with Gasteiger partial charge in [-0.05, 0) is 111 Å². The molecule has 0 spiro atoms. The molecule has 0 bridgehead atoms. The fourth-order valence-electron chi connectivity index (χ4n) is 7.14. The molecule has 1 aliphatic heterocycles. The summed E-state index contributed by atoms with van der Waals surface area (Å²) in [7, 11) is 2.15. The molecule has 6 rings (SSSR count). The van der Waals surface area contributed by atoms with Crippen LogP contribution in [-0.2, 0) is 23.1 Å². The summed E-state index contributed by atoms with van der Waals surface area (Å²) in [6, 6.07) is 30.2. The summed E-state index contributed by atoms with van der Waals surface area (Å²) in [4.78, 5) is 37.9. The SMILES string of the molecule is CN1CCC(c2ccccc2)(c2cc(CCCNC(=O)c3ccc(CCNC[C@H](O)c4ccc(O)c5[nH]c(=O)ccc45)cc3)ccc2O)CC1.O=CO. The lowest BCUT2D eigenvalue weighted by molar-refractivity contribution is -0.122. The lowest BCUT2D eigenvalue weighted by Crippen LogP contribution is -2.41. The second-order valence-electron chi connectivity index (χ2n) is 13.5. The average Bonchev–Trinajstić information content (AvgIpc) is 3.17. The van der Waals surface area contributed by atoms with Crippen molar-refractivity contribution in [2.45, 2.75) is 43.6 Å². The van der Waals surface area contributed by atoms with E-state index >= 15 is 0 Å². The average molecular weight is 721 g/mol. The Balaban J connectivity index is 0.00000175. The van der Waals surface area contributed by atoms with Crippen molar-refractivity contribution >= 4 is 23.3 Å². The number of phenolic OH excluding ortho intramolecular Hbond substituents is 2. The Kier molecular flexibility index (Phi) is 13.4. The van der Waals surface area contributed by atoms with E-state index in [0.29, 0.717) is 47.4 Å². The minimum Gasteiger partial charge on any atom is -0.508 e. The molecule has 0 radical (unpaired) electrons. The number of nitrogens with zero attached hydrogens (tertiary/aromatic N) is 1. The topological polar surface area (TPSA) is 175 Å². The van der Waals surface area contributed by atoms with Crippen molar-refractivity contribution in [3.05, 3.63) is 141 Å². The molecule has 11 heteroatoms. The number of fused-ring (bicyclic) bond motifs is 1. The first kappa shape index (κ1) is 38.7. The van der Waals surface area contributed by atoms with Gasteiger partial charge in [-0.1, -0.05) is 60.7 Å². The highest BCUT2D eigenvalue weighted by atomic mass is 16.3. The van der Waals surface area contributed by atoms with Crippen LogP contribution in [0, 0.1) is 0 Å². The number of aromatic hydroxyl groups is 2. The number of carboxylic acid groups (broad SMARTS) is 1. The molecule has 0 saturated carbocycles. The molecule has 2 heterocycles. The molecule has 0 aliphatic carbocycles. The van der Waals surface area contributed by atoms with E-state index in [1.165, 1.54) is 17.7 Å². The van der Waals surface area contributed by atoms with Gasteiger partial charge in [0.2, 0.25) is 5.56 Å². The van der Waals surface area contributed by atoms with E-state index in [2.05, 4.69) is 57.9 Å². The first-order chi connectivity index (χ1) is 25.6. The summed E-state index contributed by atoms with van der Waals surface area (Å²) in [5.74, 6) is 0.192. The molecule has 1 aromatic heterocycles. The van der Waals surface area contributed by atoms with Crippen LogP contribution in [0.4, 0.5) is 0 Å². The van der Waals surface area contributed by atoms with Crippen LogP contribution in [0.1, 0.15) is 63.5 Å². The third-order valence-electron chi connectivity index (χ3n) is 10.1. The number of amides is 1. The van der Waals surface area contributed by atoms with Gasteiger partial charge in [0.1, 0.15) is 11.5 Å². The largest absolute Gasteiger partial charge is 0.508 e. The van der Waals surface area contributed by atoms with Gasteiger partial charge in [-0.3, -0.25) is 14.4 Å². The normalized spacial score (nSPS) is 14.5. The Morgan fingerprint density at radius 2 is 1.57 bits per heavy atom. The standard InChI is InChI=1S/C41H46N4O5.CH2O2/c1-45-24-20-41(21-25-45,31-7-3-2-4-8-31)34-26-29(11-16-35(34)46)6-5-22-43-40(50)30-12-9-28(10-13-30)19-23-42-27-37(48)32-14-17-36(47)39-33(32)15-18-38(49)44-39;2-1-3/h2-4,7-18,26,37,42,46-48H,5-6,19-25,27H2,1H3,(H,43,50)(H,44,49);1H,(H,2,3)/t37-;/m0./s1. The van der Waals surface area contributed by atoms with Crippen LogP contribution < -0.4 is 16.2 Å². The van der Waals surface area contributed by atoms with Gasteiger partial charge >= 0.3 is 0 Å². The van der Waals surface area contributed by atoms with Crippen molar-refractivity contribution < 1.29 is 30.0 Å². The molecule has 278 valence electrons. The molecule has 1 fully saturated rings. The van der Waals surface area contributed by atoms with E-state index < -0.39 is 6.10 Å². The second kappa shape index (κ2) is 18.3. The van der Waals surface area contributed by atoms with Crippen LogP contribution in [0.5, 0.6) is 11.5 Å². The van der Waals surface area contributed by atoms with Gasteiger partial charge in [0.15, 0.2) is 0 Å². The van der Waals surface area contributed by atoms with Crippen molar-refractivity contribution in [2.75, 3.05) is 39.8 Å². The van der Waals surface area contributed by atoms with E-state index in [4.69, 9.17) is 9.90 Å². The van der Waals surface area contributed by atoms with Crippen molar-refractivity contribution in [3.63, 3.8) is 0 Å². The summed E-state index contributed by atoms with van der Waals surface area (Å²) in [6.07, 6.45) is 3.36. The number of pyridine rings is 1. The van der Waals surface area contributed by atoms with E-state index in [1.807, 2.05) is 42.5 Å². The number of rotatable bonds is 13. The van der Waals surface area contributed by atoms with Crippen LogP contribution in [0.3, 0.4) is 0 Å². The molecular formula is C42H48N4O7. The predicted octanol–water partition coefficient (Wildman–Crippen LogP) is 4.88. The number of hydrogen-bond donors (Lipinski definition) is 7. The smallest absolute Gasteiger partial charge is 0.290 e. The monoisotopic (exact) mass is 720 g/mol. The summed E-state index contributed by atoms with van der Waals surface area (Å²) >= 11 is 0. The molecule has 11 nitrogen and oxygen atoms in total. The van der Waals surface area contributed by atoms with E-state index in [0.717, 1.165) is 61.9 Å². The third kappa shape index (κ3) is 9.69. The molecule has 4 aromatic carbocycles. The number of piperidine rings is 1. The Morgan fingerprint density at radius 1 is 0.887 bits per heavy atom. The maximum atomic E-state index is 12.9. The first-order valence-corrected chi connectivity index (χ1v) is 17.9. The number of H-pyrrole nitrogens is 1. The first-order valence-electron chi connectivity index (χ1n) is 17.9. The van der Waals surface area contributed by atoms with E-state index in [9.17, 15) is 24.9 Å². The quantitative estimate of drug-likeness (QED) is 0.0661. The van der Waals surface area contributed by atoms with Crippen molar-refractivity contribution in [2.24, 2.45) is 0 Å². The van der Waals surface area contributed by atoms with Crippen LogP contribution >= 0.6 is 0 Å². The third-order valence-corrected chi connectivity index (χ3v) is 10.1. The van der Waals surface area contributed by atoms with Crippen LogP contribution in [0.2, 0.25) is 0 Å². The Bertz CT molecular complexity index is 2020. The lowest BCUT2D eigenvalue weighted by Gasteiger charge is -2.42. The summed E-state index contributed by atoms with van der Waals surface area (Å²) in [6.45, 7) is 3.16. The minimum absolute atomic E-state index is 0.0400. The summed E-state index contributed by atoms with van der Waals surface area (Å²) in [5.41, 5.74) is 5.45. The number of aliphatic hydroxyl groups excluding tert-OH is 1. The highest BCUT2D eigenvalue weighted by Crippen LogP contribution is 2.45. The molecule has 1 amide bonds. The minimum atomic E-state index is -0.823. The molecule has 7 N–H and O–H groups in total. The number of carbonyl (C=O) groups is 2. The molecular weight excluding hydrogens is 672 g/mol. The summed E-state index contributed by atoms with van der Waals surface area (Å²) in [5, 5.41) is 45.7. The number of hydrogen-bond acceptors (Lipinski definition) is 8. The number of phenols is 2. The predicted molar refractivity (Wildman–Crippen MR) is 206 cm³/mol. The Morgan fingerprint density at radius 3 is 2.28 bits per heavy atom. The molecule has 1 aliphatic rings. The lowest BCUT2D eigenvalue weighted by atomic mass is 9.67. The highest BCUT2D eigenvalue weighted by molar-refractivity contribution is 5.94.